The van der Waals surface area contributed by atoms with E-state index >= 15 is 0 Å². The molecule has 0 saturated carbocycles. The molecule has 0 bridgehead atoms. The van der Waals surface area contributed by atoms with Gasteiger partial charge in [0.05, 0.1) is 19.8 Å². The summed E-state index contributed by atoms with van der Waals surface area (Å²) >= 11 is 0. The van der Waals surface area contributed by atoms with Crippen molar-refractivity contribution < 1.29 is 28.6 Å². The second-order valence-corrected chi connectivity index (χ2v) is 9.58. The number of methoxy groups -OCH3 is 1. The van der Waals surface area contributed by atoms with Crippen molar-refractivity contribution in [3.63, 3.8) is 0 Å². The summed E-state index contributed by atoms with van der Waals surface area (Å²) in [7, 11) is 1.60. The maximum atomic E-state index is 13.2. The smallest absolute Gasteiger partial charge is 0.434 e. The quantitative estimate of drug-likeness (QED) is 0.349. The van der Waals surface area contributed by atoms with Crippen molar-refractivity contribution in [1.29, 1.82) is 0 Å². The van der Waals surface area contributed by atoms with E-state index in [1.54, 1.807) is 7.11 Å². The minimum Gasteiger partial charge on any atom is -0.497 e. The van der Waals surface area contributed by atoms with Crippen LogP contribution in [0.3, 0.4) is 0 Å². The third kappa shape index (κ3) is 9.33. The Morgan fingerprint density at radius 3 is 2.21 bits per heavy atom. The van der Waals surface area contributed by atoms with Gasteiger partial charge in [0, 0.05) is 39.3 Å². The molecule has 1 atom stereocenters. The summed E-state index contributed by atoms with van der Waals surface area (Å²) in [5.74, 6) is 0.484. The summed E-state index contributed by atoms with van der Waals surface area (Å²) < 4.78 is 23.8. The normalized spacial score (nSPS) is 15.1. The van der Waals surface area contributed by atoms with Crippen LogP contribution in [-0.2, 0) is 29.3 Å². The molecule has 0 aromatic heterocycles. The van der Waals surface area contributed by atoms with Gasteiger partial charge in [-0.05, 0) is 41.0 Å². The highest BCUT2D eigenvalue weighted by atomic mass is 19.1. The summed E-state index contributed by atoms with van der Waals surface area (Å²) in [6, 6.07) is 23.3. The first-order valence-electron chi connectivity index (χ1n) is 13.1. The van der Waals surface area contributed by atoms with E-state index in [0.717, 1.165) is 54.5 Å². The number of hydrogen-bond acceptors (Lipinski definition) is 7. The maximum Gasteiger partial charge on any atom is 0.434 e. The highest BCUT2D eigenvalue weighted by Gasteiger charge is 2.22. The number of carbonyl (C=O) groups is 1. The van der Waals surface area contributed by atoms with Crippen LogP contribution in [0.1, 0.15) is 16.7 Å². The van der Waals surface area contributed by atoms with Crippen molar-refractivity contribution in [2.24, 2.45) is 0 Å². The number of β-amino-alcohol motifs (C(OH)–C–C–N with tert-alkyl or cyclic N) is 1. The van der Waals surface area contributed by atoms with Crippen LogP contribution in [0.15, 0.2) is 78.9 Å². The Labute approximate surface area is 229 Å². The van der Waals surface area contributed by atoms with Crippen LogP contribution < -0.4 is 4.74 Å². The molecule has 1 unspecified atom stereocenters. The molecular formula is C30H36FN3O5. The summed E-state index contributed by atoms with van der Waals surface area (Å²) in [5, 5.41) is 11.8. The van der Waals surface area contributed by atoms with Crippen molar-refractivity contribution in [2.75, 3.05) is 46.4 Å². The molecule has 1 saturated heterocycles. The van der Waals surface area contributed by atoms with Crippen molar-refractivity contribution in [1.82, 2.24) is 14.9 Å². The predicted molar refractivity (Wildman–Crippen MR) is 145 cm³/mol. The van der Waals surface area contributed by atoms with E-state index in [-0.39, 0.29) is 25.6 Å². The van der Waals surface area contributed by atoms with Gasteiger partial charge in [-0.1, -0.05) is 54.6 Å². The summed E-state index contributed by atoms with van der Waals surface area (Å²) in [4.78, 5) is 23.2. The molecule has 1 amide bonds. The average molecular weight is 538 g/mol. The number of ether oxygens (including phenoxy) is 2. The summed E-state index contributed by atoms with van der Waals surface area (Å²) in [5.41, 5.74) is 2.78. The van der Waals surface area contributed by atoms with Gasteiger partial charge in [-0.15, -0.1) is 0 Å². The summed E-state index contributed by atoms with van der Waals surface area (Å²) in [6.07, 6.45) is -1.41. The molecule has 1 aliphatic heterocycles. The zero-order chi connectivity index (χ0) is 27.5. The van der Waals surface area contributed by atoms with Crippen LogP contribution in [0, 0.1) is 5.82 Å². The monoisotopic (exact) mass is 537 g/mol. The topological polar surface area (TPSA) is 74.7 Å². The van der Waals surface area contributed by atoms with Gasteiger partial charge in [0.1, 0.15) is 24.8 Å². The molecule has 8 nitrogen and oxygen atoms in total. The Morgan fingerprint density at radius 1 is 0.897 bits per heavy atom. The fourth-order valence-corrected chi connectivity index (χ4v) is 4.36. The highest BCUT2D eigenvalue weighted by molar-refractivity contribution is 5.66. The van der Waals surface area contributed by atoms with E-state index in [1.807, 2.05) is 66.7 Å². The van der Waals surface area contributed by atoms with E-state index < -0.39 is 12.2 Å². The molecule has 1 heterocycles. The number of amides is 1. The van der Waals surface area contributed by atoms with E-state index in [1.165, 1.54) is 12.1 Å². The molecule has 1 aliphatic rings. The van der Waals surface area contributed by atoms with Gasteiger partial charge in [0.15, 0.2) is 0 Å². The van der Waals surface area contributed by atoms with Crippen molar-refractivity contribution in [2.45, 2.75) is 25.8 Å². The van der Waals surface area contributed by atoms with Gasteiger partial charge >= 0.3 is 6.09 Å². The van der Waals surface area contributed by atoms with Crippen molar-refractivity contribution in [3.8, 4) is 5.75 Å². The number of nitrogens with zero attached hydrogens (tertiary/aromatic N) is 3. The van der Waals surface area contributed by atoms with Crippen LogP contribution in [0.5, 0.6) is 5.75 Å². The number of aliphatic hydroxyl groups excluding tert-OH is 1. The molecule has 3 aromatic carbocycles. The zero-order valence-corrected chi connectivity index (χ0v) is 22.2. The van der Waals surface area contributed by atoms with Gasteiger partial charge in [0.2, 0.25) is 0 Å². The second kappa shape index (κ2) is 14.6. The Balaban J connectivity index is 1.26. The zero-order valence-electron chi connectivity index (χ0n) is 22.2. The Morgan fingerprint density at radius 2 is 1.54 bits per heavy atom. The number of carbonyl (C=O) groups excluding carboxylic acids is 1. The van der Waals surface area contributed by atoms with E-state index in [4.69, 9.17) is 14.3 Å². The third-order valence-electron chi connectivity index (χ3n) is 6.57. The molecule has 1 fully saturated rings. The molecule has 0 aliphatic carbocycles. The molecule has 39 heavy (non-hydrogen) atoms. The lowest BCUT2D eigenvalue weighted by Gasteiger charge is -2.35. The van der Waals surface area contributed by atoms with Crippen LogP contribution in [0.4, 0.5) is 9.18 Å². The molecule has 4 rings (SSSR count). The van der Waals surface area contributed by atoms with Gasteiger partial charge in [-0.2, -0.15) is 5.06 Å². The van der Waals surface area contributed by atoms with Crippen molar-refractivity contribution in [3.05, 3.63) is 101 Å². The minimum absolute atomic E-state index is 0.0492. The molecule has 208 valence electrons. The number of aliphatic hydroxyl groups is 1. The summed E-state index contributed by atoms with van der Waals surface area (Å²) in [6.45, 7) is 4.72. The lowest BCUT2D eigenvalue weighted by molar-refractivity contribution is -0.166. The SMILES string of the molecule is COc1ccc(CN(OCC(O)CN2CCN(Cc3ccc(F)cc3)CC2)C(=O)OCc2ccccc2)cc1. The lowest BCUT2D eigenvalue weighted by Crippen LogP contribution is -2.49. The first-order valence-corrected chi connectivity index (χ1v) is 13.1. The number of hydroxylamine groups is 2. The molecule has 9 heteroatoms. The van der Waals surface area contributed by atoms with Crippen LogP contribution in [0.2, 0.25) is 0 Å². The number of piperazine rings is 1. The van der Waals surface area contributed by atoms with Crippen LogP contribution in [-0.4, -0.2) is 78.6 Å². The fraction of sp³-hybridized carbons (Fsp3) is 0.367. The molecular weight excluding hydrogens is 501 g/mol. The largest absolute Gasteiger partial charge is 0.497 e. The highest BCUT2D eigenvalue weighted by Crippen LogP contribution is 2.15. The first-order chi connectivity index (χ1) is 19.0. The second-order valence-electron chi connectivity index (χ2n) is 9.58. The lowest BCUT2D eigenvalue weighted by atomic mass is 10.2. The molecule has 1 N–H and O–H groups in total. The third-order valence-corrected chi connectivity index (χ3v) is 6.57. The standard InChI is InChI=1S/C30H36FN3O5/c1-37-29-13-9-25(10-14-29)20-34(30(36)38-22-26-5-3-2-4-6-26)39-23-28(35)21-33-17-15-32(16-18-33)19-24-7-11-27(31)12-8-24/h2-14,28,35H,15-23H2,1H3. The van der Waals surface area contributed by atoms with E-state index in [9.17, 15) is 14.3 Å². The molecule has 0 spiro atoms. The van der Waals surface area contributed by atoms with Gasteiger partial charge in [-0.3, -0.25) is 14.6 Å². The number of benzene rings is 3. The molecule has 0 radical (unpaired) electrons. The van der Waals surface area contributed by atoms with E-state index in [2.05, 4.69) is 9.80 Å². The number of rotatable bonds is 12. The van der Waals surface area contributed by atoms with Gasteiger partial charge in [0.25, 0.3) is 0 Å². The number of halogens is 1. The van der Waals surface area contributed by atoms with Gasteiger partial charge in [-0.25, -0.2) is 9.18 Å². The fourth-order valence-electron chi connectivity index (χ4n) is 4.36. The van der Waals surface area contributed by atoms with Crippen molar-refractivity contribution >= 4 is 6.09 Å². The minimum atomic E-state index is -0.783. The Bertz CT molecular complexity index is 1140. The Hall–Kier alpha value is -3.50. The van der Waals surface area contributed by atoms with Crippen LogP contribution in [0.25, 0.3) is 0 Å². The maximum absolute atomic E-state index is 13.2. The number of hydrogen-bond donors (Lipinski definition) is 1. The Kier molecular flexibility index (Phi) is 10.7. The predicted octanol–water partition coefficient (Wildman–Crippen LogP) is 4.08. The average Bonchev–Trinajstić information content (AvgIpc) is 2.97. The van der Waals surface area contributed by atoms with Gasteiger partial charge < -0.3 is 14.6 Å². The first kappa shape index (κ1) is 28.5. The van der Waals surface area contributed by atoms with E-state index in [0.29, 0.717) is 12.3 Å². The molecule has 3 aromatic rings. The van der Waals surface area contributed by atoms with Crippen LogP contribution >= 0.6 is 0 Å².